The number of aliphatic carboxylic acids is 1. The van der Waals surface area contributed by atoms with Crippen molar-refractivity contribution >= 4 is 5.97 Å². The fourth-order valence-electron chi connectivity index (χ4n) is 2.56. The molecular weight excluding hydrogens is 244 g/mol. The minimum atomic E-state index is -0.763. The summed E-state index contributed by atoms with van der Waals surface area (Å²) in [6.45, 7) is 0.756. The van der Waals surface area contributed by atoms with Crippen LogP contribution in [0.1, 0.15) is 24.8 Å². The zero-order valence-corrected chi connectivity index (χ0v) is 11.2. The SMILES string of the molecule is COc1ccccc1CC(CC1CCCO1)C(=O)O. The Morgan fingerprint density at radius 1 is 1.53 bits per heavy atom. The summed E-state index contributed by atoms with van der Waals surface area (Å²) in [4.78, 5) is 11.4. The fourth-order valence-corrected chi connectivity index (χ4v) is 2.56. The molecule has 0 aliphatic carbocycles. The van der Waals surface area contributed by atoms with Gasteiger partial charge in [-0.3, -0.25) is 4.79 Å². The van der Waals surface area contributed by atoms with Gasteiger partial charge in [-0.2, -0.15) is 0 Å². The average molecular weight is 264 g/mol. The lowest BCUT2D eigenvalue weighted by Crippen LogP contribution is -2.22. The monoisotopic (exact) mass is 264 g/mol. The highest BCUT2D eigenvalue weighted by molar-refractivity contribution is 5.70. The molecule has 1 fully saturated rings. The van der Waals surface area contributed by atoms with Crippen LogP contribution in [0.5, 0.6) is 5.75 Å². The predicted molar refractivity (Wildman–Crippen MR) is 71.4 cm³/mol. The molecule has 1 aliphatic heterocycles. The lowest BCUT2D eigenvalue weighted by Gasteiger charge is -2.17. The molecule has 0 saturated carbocycles. The van der Waals surface area contributed by atoms with Gasteiger partial charge in [-0.25, -0.2) is 0 Å². The summed E-state index contributed by atoms with van der Waals surface area (Å²) in [6.07, 6.45) is 3.16. The lowest BCUT2D eigenvalue weighted by atomic mass is 9.92. The van der Waals surface area contributed by atoms with Crippen molar-refractivity contribution in [2.75, 3.05) is 13.7 Å². The van der Waals surface area contributed by atoms with Crippen LogP contribution in [-0.4, -0.2) is 30.9 Å². The molecule has 2 unspecified atom stereocenters. The summed E-state index contributed by atoms with van der Waals surface area (Å²) < 4.78 is 10.8. The van der Waals surface area contributed by atoms with Crippen LogP contribution in [0.25, 0.3) is 0 Å². The maximum absolute atomic E-state index is 11.4. The summed E-state index contributed by atoms with van der Waals surface area (Å²) in [6, 6.07) is 7.58. The summed E-state index contributed by atoms with van der Waals surface area (Å²) in [5, 5.41) is 9.36. The van der Waals surface area contributed by atoms with Gasteiger partial charge in [0.2, 0.25) is 0 Å². The van der Waals surface area contributed by atoms with Crippen LogP contribution >= 0.6 is 0 Å². The van der Waals surface area contributed by atoms with E-state index in [2.05, 4.69) is 0 Å². The zero-order valence-electron chi connectivity index (χ0n) is 11.2. The second kappa shape index (κ2) is 6.57. The molecule has 0 amide bonds. The highest BCUT2D eigenvalue weighted by atomic mass is 16.5. The normalized spacial score (nSPS) is 20.2. The molecule has 19 heavy (non-hydrogen) atoms. The Hall–Kier alpha value is -1.55. The lowest BCUT2D eigenvalue weighted by molar-refractivity contribution is -0.142. The average Bonchev–Trinajstić information content (AvgIpc) is 2.91. The second-order valence-corrected chi connectivity index (χ2v) is 4.92. The van der Waals surface area contributed by atoms with E-state index in [1.807, 2.05) is 24.3 Å². The van der Waals surface area contributed by atoms with E-state index >= 15 is 0 Å². The number of ether oxygens (including phenoxy) is 2. The van der Waals surface area contributed by atoms with Crippen molar-refractivity contribution in [3.63, 3.8) is 0 Å². The van der Waals surface area contributed by atoms with Crippen molar-refractivity contribution < 1.29 is 19.4 Å². The third-order valence-corrected chi connectivity index (χ3v) is 3.58. The van der Waals surface area contributed by atoms with E-state index in [1.54, 1.807) is 7.11 Å². The molecule has 0 radical (unpaired) electrons. The number of rotatable bonds is 6. The topological polar surface area (TPSA) is 55.8 Å². The van der Waals surface area contributed by atoms with Crippen LogP contribution in [-0.2, 0) is 16.0 Å². The van der Waals surface area contributed by atoms with Crippen LogP contribution in [0, 0.1) is 5.92 Å². The molecule has 0 spiro atoms. The molecular formula is C15H20O4. The number of para-hydroxylation sites is 1. The Labute approximate surface area is 113 Å². The van der Waals surface area contributed by atoms with Gasteiger partial charge in [0.15, 0.2) is 0 Å². The predicted octanol–water partition coefficient (Wildman–Crippen LogP) is 2.51. The molecule has 1 aromatic carbocycles. The Morgan fingerprint density at radius 3 is 2.95 bits per heavy atom. The molecule has 4 heteroatoms. The largest absolute Gasteiger partial charge is 0.496 e. The minimum absolute atomic E-state index is 0.0933. The molecule has 1 N–H and O–H groups in total. The quantitative estimate of drug-likeness (QED) is 0.857. The maximum atomic E-state index is 11.4. The maximum Gasteiger partial charge on any atom is 0.306 e. The van der Waals surface area contributed by atoms with Crippen molar-refractivity contribution in [1.29, 1.82) is 0 Å². The van der Waals surface area contributed by atoms with E-state index in [9.17, 15) is 9.90 Å². The number of carboxylic acid groups (broad SMARTS) is 1. The van der Waals surface area contributed by atoms with Crippen molar-refractivity contribution in [1.82, 2.24) is 0 Å². The van der Waals surface area contributed by atoms with Crippen molar-refractivity contribution in [2.24, 2.45) is 5.92 Å². The molecule has 104 valence electrons. The standard InChI is InChI=1S/C15H20O4/c1-18-14-7-3-2-5-11(14)9-12(15(16)17)10-13-6-4-8-19-13/h2-3,5,7,12-13H,4,6,8-10H2,1H3,(H,16,17). The van der Waals surface area contributed by atoms with Gasteiger partial charge >= 0.3 is 5.97 Å². The highest BCUT2D eigenvalue weighted by Gasteiger charge is 2.26. The van der Waals surface area contributed by atoms with Crippen molar-refractivity contribution in [3.05, 3.63) is 29.8 Å². The molecule has 1 heterocycles. The van der Waals surface area contributed by atoms with E-state index < -0.39 is 11.9 Å². The minimum Gasteiger partial charge on any atom is -0.496 e. The Bertz CT molecular complexity index is 424. The van der Waals surface area contributed by atoms with Gasteiger partial charge in [-0.15, -0.1) is 0 Å². The first-order valence-corrected chi connectivity index (χ1v) is 6.67. The van der Waals surface area contributed by atoms with Crippen molar-refractivity contribution in [3.8, 4) is 5.75 Å². The number of carboxylic acids is 1. The molecule has 1 aliphatic rings. The number of carbonyl (C=O) groups is 1. The van der Waals surface area contributed by atoms with Gasteiger partial charge in [0.25, 0.3) is 0 Å². The first-order chi connectivity index (χ1) is 9.20. The van der Waals surface area contributed by atoms with Gasteiger partial charge in [-0.1, -0.05) is 18.2 Å². The summed E-state index contributed by atoms with van der Waals surface area (Å²) in [7, 11) is 1.61. The van der Waals surface area contributed by atoms with E-state index in [-0.39, 0.29) is 6.10 Å². The van der Waals surface area contributed by atoms with Crippen LogP contribution in [0.3, 0.4) is 0 Å². The molecule has 1 aromatic rings. The summed E-state index contributed by atoms with van der Waals surface area (Å²) in [5.41, 5.74) is 0.940. The number of methoxy groups -OCH3 is 1. The van der Waals surface area contributed by atoms with Crippen LogP contribution in [0.15, 0.2) is 24.3 Å². The Morgan fingerprint density at radius 2 is 2.32 bits per heavy atom. The van der Waals surface area contributed by atoms with Gasteiger partial charge in [0, 0.05) is 6.61 Å². The van der Waals surface area contributed by atoms with Gasteiger partial charge < -0.3 is 14.6 Å². The van der Waals surface area contributed by atoms with E-state index in [0.717, 1.165) is 30.8 Å². The summed E-state index contributed by atoms with van der Waals surface area (Å²) >= 11 is 0. The molecule has 2 rings (SSSR count). The van der Waals surface area contributed by atoms with Crippen LogP contribution < -0.4 is 4.74 Å². The van der Waals surface area contributed by atoms with E-state index in [0.29, 0.717) is 12.8 Å². The third kappa shape index (κ3) is 3.70. The third-order valence-electron chi connectivity index (χ3n) is 3.58. The smallest absolute Gasteiger partial charge is 0.306 e. The zero-order chi connectivity index (χ0) is 13.7. The Balaban J connectivity index is 2.05. The first-order valence-electron chi connectivity index (χ1n) is 6.67. The number of benzene rings is 1. The Kier molecular flexibility index (Phi) is 4.80. The first kappa shape index (κ1) is 13.9. The van der Waals surface area contributed by atoms with E-state index in [4.69, 9.17) is 9.47 Å². The summed E-state index contributed by atoms with van der Waals surface area (Å²) in [5.74, 6) is -0.429. The van der Waals surface area contributed by atoms with Gasteiger partial charge in [-0.05, 0) is 37.3 Å². The van der Waals surface area contributed by atoms with Crippen LogP contribution in [0.2, 0.25) is 0 Å². The van der Waals surface area contributed by atoms with Crippen molar-refractivity contribution in [2.45, 2.75) is 31.8 Å². The molecule has 4 nitrogen and oxygen atoms in total. The van der Waals surface area contributed by atoms with Gasteiger partial charge in [0.05, 0.1) is 19.1 Å². The molecule has 1 saturated heterocycles. The molecule has 2 atom stereocenters. The molecule has 0 bridgehead atoms. The van der Waals surface area contributed by atoms with Crippen LogP contribution in [0.4, 0.5) is 0 Å². The second-order valence-electron chi connectivity index (χ2n) is 4.92. The highest BCUT2D eigenvalue weighted by Crippen LogP contribution is 2.26. The number of hydrogen-bond acceptors (Lipinski definition) is 3. The van der Waals surface area contributed by atoms with E-state index in [1.165, 1.54) is 0 Å². The molecule has 0 aromatic heterocycles. The fraction of sp³-hybridized carbons (Fsp3) is 0.533. The number of hydrogen-bond donors (Lipinski definition) is 1. The van der Waals surface area contributed by atoms with Gasteiger partial charge in [0.1, 0.15) is 5.75 Å².